The molecule has 0 aliphatic carbocycles. The van der Waals surface area contributed by atoms with Gasteiger partial charge in [0.15, 0.2) is 0 Å². The monoisotopic (exact) mass is 767 g/mol. The Morgan fingerprint density at radius 2 is 0.800 bits per heavy atom. The molecule has 0 fully saturated rings. The van der Waals surface area contributed by atoms with Crippen molar-refractivity contribution in [1.29, 1.82) is 0 Å². The molecule has 3 heteroatoms. The second-order valence-electron chi connectivity index (χ2n) is 16.7. The maximum Gasteiger partial charge on any atom is 0.225 e. The highest BCUT2D eigenvalue weighted by Gasteiger charge is 2.28. The Kier molecular flexibility index (Phi) is 43.8. The number of rotatable bonds is 43. The first-order chi connectivity index (χ1) is 27.2. The number of carbonyl (C=O) groups is 1. The summed E-state index contributed by atoms with van der Waals surface area (Å²) in [7, 11) is 2.04. The van der Waals surface area contributed by atoms with E-state index in [0.717, 1.165) is 45.2 Å². The van der Waals surface area contributed by atoms with E-state index in [4.69, 9.17) is 0 Å². The molecular formula is C52H98N2O. The Labute approximate surface area is 346 Å². The van der Waals surface area contributed by atoms with Crippen molar-refractivity contribution in [2.45, 2.75) is 252 Å². The highest BCUT2D eigenvalue weighted by atomic mass is 16.2. The summed E-state index contributed by atoms with van der Waals surface area (Å²) < 4.78 is 0. The van der Waals surface area contributed by atoms with E-state index in [-0.39, 0.29) is 5.92 Å². The Morgan fingerprint density at radius 3 is 1.24 bits per heavy atom. The molecule has 1 unspecified atom stereocenters. The zero-order valence-electron chi connectivity index (χ0n) is 38.1. The molecule has 0 aromatic rings. The van der Waals surface area contributed by atoms with Crippen LogP contribution in [0.1, 0.15) is 246 Å². The van der Waals surface area contributed by atoms with E-state index in [9.17, 15) is 4.79 Å². The number of nitrogens with one attached hydrogen (secondary N) is 1. The van der Waals surface area contributed by atoms with Crippen LogP contribution in [0.15, 0.2) is 48.6 Å². The van der Waals surface area contributed by atoms with Gasteiger partial charge in [0.1, 0.15) is 0 Å². The molecule has 0 aliphatic heterocycles. The predicted octanol–water partition coefficient (Wildman–Crippen LogP) is 16.6. The van der Waals surface area contributed by atoms with Gasteiger partial charge in [0.05, 0.1) is 0 Å². The minimum absolute atomic E-state index is 0.210. The molecule has 322 valence electrons. The zero-order valence-corrected chi connectivity index (χ0v) is 38.1. The molecule has 0 aliphatic rings. The fourth-order valence-electron chi connectivity index (χ4n) is 7.81. The Hall–Kier alpha value is -1.61. The number of carbonyl (C=O) groups excluding carboxylic acids is 1. The zero-order chi connectivity index (χ0) is 40.1. The van der Waals surface area contributed by atoms with Gasteiger partial charge in [-0.1, -0.05) is 198 Å². The molecule has 0 radical (unpaired) electrons. The predicted molar refractivity (Wildman–Crippen MR) is 249 cm³/mol. The highest BCUT2D eigenvalue weighted by Crippen LogP contribution is 2.26. The fraction of sp³-hybridized carbons (Fsp3) is 0.827. The SMILES string of the molecule is CCCCC/C=C\C/C=C\CCCCCCCCC(CCCCCCCC/C=C\C/C=C\CCCCC)C(=O)N(CCCNC)C(CCCC)CCCCC. The summed E-state index contributed by atoms with van der Waals surface area (Å²) in [5.74, 6) is 0.709. The van der Waals surface area contributed by atoms with E-state index in [2.05, 4.69) is 86.5 Å². The minimum Gasteiger partial charge on any atom is -0.339 e. The van der Waals surface area contributed by atoms with Gasteiger partial charge in [0, 0.05) is 18.5 Å². The summed E-state index contributed by atoms with van der Waals surface area (Å²) in [6, 6.07) is 0.421. The summed E-state index contributed by atoms with van der Waals surface area (Å²) >= 11 is 0. The van der Waals surface area contributed by atoms with E-state index in [1.807, 2.05) is 7.05 Å². The first kappa shape index (κ1) is 53.4. The van der Waals surface area contributed by atoms with Crippen LogP contribution in [0.2, 0.25) is 0 Å². The van der Waals surface area contributed by atoms with E-state index in [0.29, 0.717) is 11.9 Å². The quantitative estimate of drug-likeness (QED) is 0.0495. The lowest BCUT2D eigenvalue weighted by molar-refractivity contribution is -0.139. The van der Waals surface area contributed by atoms with Crippen molar-refractivity contribution in [3.63, 3.8) is 0 Å². The van der Waals surface area contributed by atoms with E-state index in [1.54, 1.807) is 0 Å². The summed E-state index contributed by atoms with van der Waals surface area (Å²) in [4.78, 5) is 16.9. The topological polar surface area (TPSA) is 32.3 Å². The summed E-state index contributed by atoms with van der Waals surface area (Å²) in [6.07, 6.45) is 61.3. The van der Waals surface area contributed by atoms with E-state index >= 15 is 0 Å². The third-order valence-corrected chi connectivity index (χ3v) is 11.4. The van der Waals surface area contributed by atoms with Gasteiger partial charge < -0.3 is 10.2 Å². The maximum absolute atomic E-state index is 14.5. The van der Waals surface area contributed by atoms with Crippen LogP contribution in [0.3, 0.4) is 0 Å². The smallest absolute Gasteiger partial charge is 0.225 e. The van der Waals surface area contributed by atoms with Crippen molar-refractivity contribution in [2.24, 2.45) is 5.92 Å². The summed E-state index contributed by atoms with van der Waals surface area (Å²) in [6.45, 7) is 11.0. The Bertz CT molecular complexity index is 840. The molecule has 0 aromatic carbocycles. The standard InChI is InChI=1S/C52H98N2O/c1-6-10-14-16-18-20-22-24-26-28-30-32-34-36-38-41-44-50(45-42-39-37-35-33-31-29-27-25-23-21-19-17-15-11-7-2)52(55)54(49-43-48-53-5)51(46-13-9-4)47-40-12-8-3/h18-21,24-27,50-51,53H,6-17,22-23,28-49H2,1-5H3/b20-18-,21-19-,26-24-,27-25-. The van der Waals surface area contributed by atoms with Crippen molar-refractivity contribution in [2.75, 3.05) is 20.1 Å². The summed E-state index contributed by atoms with van der Waals surface area (Å²) in [5.41, 5.74) is 0. The average molecular weight is 767 g/mol. The van der Waals surface area contributed by atoms with Crippen molar-refractivity contribution >= 4 is 5.91 Å². The van der Waals surface area contributed by atoms with Gasteiger partial charge in [-0.25, -0.2) is 0 Å². The van der Waals surface area contributed by atoms with Crippen molar-refractivity contribution < 1.29 is 4.79 Å². The molecular weight excluding hydrogens is 669 g/mol. The highest BCUT2D eigenvalue weighted by molar-refractivity contribution is 5.79. The lowest BCUT2D eigenvalue weighted by atomic mass is 9.91. The van der Waals surface area contributed by atoms with E-state index in [1.165, 1.54) is 186 Å². The van der Waals surface area contributed by atoms with Crippen LogP contribution in [-0.2, 0) is 4.79 Å². The molecule has 55 heavy (non-hydrogen) atoms. The molecule has 1 atom stereocenters. The number of hydrogen-bond donors (Lipinski definition) is 1. The molecule has 1 amide bonds. The van der Waals surface area contributed by atoms with Crippen LogP contribution in [-0.4, -0.2) is 37.0 Å². The molecule has 0 saturated heterocycles. The number of nitrogens with zero attached hydrogens (tertiary/aromatic N) is 1. The third kappa shape index (κ3) is 36.5. The molecule has 0 heterocycles. The normalized spacial score (nSPS) is 12.8. The second kappa shape index (κ2) is 45.1. The number of unbranched alkanes of at least 4 members (excludes halogenated alkanes) is 21. The molecule has 0 spiro atoms. The fourth-order valence-corrected chi connectivity index (χ4v) is 7.81. The largest absolute Gasteiger partial charge is 0.339 e. The van der Waals surface area contributed by atoms with Gasteiger partial charge in [0.25, 0.3) is 0 Å². The molecule has 0 aromatic heterocycles. The molecule has 0 bridgehead atoms. The molecule has 3 nitrogen and oxygen atoms in total. The number of amides is 1. The van der Waals surface area contributed by atoms with Gasteiger partial charge in [-0.05, 0) is 110 Å². The Balaban J connectivity index is 4.91. The van der Waals surface area contributed by atoms with Gasteiger partial charge in [-0.3, -0.25) is 4.79 Å². The number of hydrogen-bond acceptors (Lipinski definition) is 2. The van der Waals surface area contributed by atoms with Crippen molar-refractivity contribution in [1.82, 2.24) is 10.2 Å². The van der Waals surface area contributed by atoms with Crippen LogP contribution in [0, 0.1) is 5.92 Å². The van der Waals surface area contributed by atoms with Crippen LogP contribution >= 0.6 is 0 Å². The minimum atomic E-state index is 0.210. The van der Waals surface area contributed by atoms with Crippen LogP contribution in [0.25, 0.3) is 0 Å². The van der Waals surface area contributed by atoms with Crippen LogP contribution in [0.4, 0.5) is 0 Å². The lowest BCUT2D eigenvalue weighted by Gasteiger charge is -2.35. The van der Waals surface area contributed by atoms with E-state index < -0.39 is 0 Å². The molecule has 0 rings (SSSR count). The molecule has 1 N–H and O–H groups in total. The number of allylic oxidation sites excluding steroid dienone is 8. The third-order valence-electron chi connectivity index (χ3n) is 11.4. The molecule has 0 saturated carbocycles. The van der Waals surface area contributed by atoms with Crippen molar-refractivity contribution in [3.8, 4) is 0 Å². The van der Waals surface area contributed by atoms with Gasteiger partial charge >= 0.3 is 0 Å². The van der Waals surface area contributed by atoms with Gasteiger partial charge in [0.2, 0.25) is 5.91 Å². The van der Waals surface area contributed by atoms with Crippen LogP contribution < -0.4 is 5.32 Å². The Morgan fingerprint density at radius 1 is 0.436 bits per heavy atom. The second-order valence-corrected chi connectivity index (χ2v) is 16.7. The first-order valence-corrected chi connectivity index (χ1v) is 24.7. The van der Waals surface area contributed by atoms with Gasteiger partial charge in [-0.15, -0.1) is 0 Å². The van der Waals surface area contributed by atoms with Gasteiger partial charge in [-0.2, -0.15) is 0 Å². The summed E-state index contributed by atoms with van der Waals surface area (Å²) in [5, 5.41) is 3.35. The van der Waals surface area contributed by atoms with Crippen LogP contribution in [0.5, 0.6) is 0 Å². The maximum atomic E-state index is 14.5. The lowest BCUT2D eigenvalue weighted by Crippen LogP contribution is -2.45. The average Bonchev–Trinajstić information content (AvgIpc) is 3.19. The first-order valence-electron chi connectivity index (χ1n) is 24.7. The van der Waals surface area contributed by atoms with Crippen molar-refractivity contribution in [3.05, 3.63) is 48.6 Å².